The molecule has 2 amide bonds. The summed E-state index contributed by atoms with van der Waals surface area (Å²) in [5.74, 6) is 0.791. The Morgan fingerprint density at radius 1 is 1.25 bits per heavy atom. The fraction of sp³-hybridized carbons (Fsp3) is 0.833. The molecule has 90 valence electrons. The van der Waals surface area contributed by atoms with E-state index in [1.54, 1.807) is 6.92 Å². The quantitative estimate of drug-likeness (QED) is 0.720. The Balaban J connectivity index is 2.07. The summed E-state index contributed by atoms with van der Waals surface area (Å²) in [5, 5.41) is 2.73. The van der Waals surface area contributed by atoms with E-state index in [9.17, 15) is 9.59 Å². The lowest BCUT2D eigenvalue weighted by Crippen LogP contribution is -2.46. The summed E-state index contributed by atoms with van der Waals surface area (Å²) in [6.45, 7) is 4.60. The van der Waals surface area contributed by atoms with Crippen molar-refractivity contribution >= 4 is 11.8 Å². The van der Waals surface area contributed by atoms with Crippen molar-refractivity contribution < 1.29 is 9.59 Å². The molecule has 2 aliphatic rings. The summed E-state index contributed by atoms with van der Waals surface area (Å²) in [6, 6.07) is 0.00329. The normalized spacial score (nSPS) is 36.1. The van der Waals surface area contributed by atoms with E-state index in [1.807, 2.05) is 4.90 Å². The minimum atomic E-state index is -0.356. The van der Waals surface area contributed by atoms with Gasteiger partial charge in [0.05, 0.1) is 0 Å². The van der Waals surface area contributed by atoms with Crippen LogP contribution in [0.5, 0.6) is 0 Å². The van der Waals surface area contributed by atoms with E-state index in [-0.39, 0.29) is 17.9 Å². The number of carbonyl (C=O) groups is 2. The third kappa shape index (κ3) is 2.20. The lowest BCUT2D eigenvalue weighted by molar-refractivity contribution is -0.135. The van der Waals surface area contributed by atoms with E-state index >= 15 is 0 Å². The first-order valence-corrected chi connectivity index (χ1v) is 6.17. The maximum absolute atomic E-state index is 12.1. The Morgan fingerprint density at radius 3 is 2.62 bits per heavy atom. The monoisotopic (exact) mass is 224 g/mol. The molecule has 0 aromatic heterocycles. The Bertz CT molecular complexity index is 303. The molecule has 16 heavy (non-hydrogen) atoms. The van der Waals surface area contributed by atoms with Gasteiger partial charge in [0.1, 0.15) is 6.04 Å². The standard InChI is InChI=1S/C12H20N2O2/c1-8-3-4-10(7-8)14-6-5-11(15)13-9(2)12(14)16/h8-10H,3-7H2,1-2H3,(H,13,15). The highest BCUT2D eigenvalue weighted by atomic mass is 16.2. The lowest BCUT2D eigenvalue weighted by Gasteiger charge is -2.28. The maximum atomic E-state index is 12.1. The molecule has 4 nitrogen and oxygen atoms in total. The predicted octanol–water partition coefficient (Wildman–Crippen LogP) is 0.912. The van der Waals surface area contributed by atoms with Crippen molar-refractivity contribution in [3.63, 3.8) is 0 Å². The van der Waals surface area contributed by atoms with Gasteiger partial charge in [-0.15, -0.1) is 0 Å². The third-order valence-electron chi connectivity index (χ3n) is 3.72. The molecule has 0 aromatic carbocycles. The SMILES string of the molecule is CC1CCC(N2CCC(=O)NC(C)C2=O)C1. The van der Waals surface area contributed by atoms with Crippen LogP contribution in [-0.2, 0) is 9.59 Å². The molecule has 1 saturated heterocycles. The first-order valence-electron chi connectivity index (χ1n) is 6.17. The highest BCUT2D eigenvalue weighted by molar-refractivity contribution is 5.89. The van der Waals surface area contributed by atoms with Gasteiger partial charge in [-0.05, 0) is 32.1 Å². The molecular formula is C12H20N2O2. The van der Waals surface area contributed by atoms with Crippen LogP contribution in [0, 0.1) is 5.92 Å². The largest absolute Gasteiger partial charge is 0.345 e. The number of hydrogen-bond acceptors (Lipinski definition) is 2. The molecule has 0 radical (unpaired) electrons. The Hall–Kier alpha value is -1.06. The van der Waals surface area contributed by atoms with Gasteiger partial charge in [-0.2, -0.15) is 0 Å². The number of carbonyl (C=O) groups excluding carboxylic acids is 2. The summed E-state index contributed by atoms with van der Waals surface area (Å²) < 4.78 is 0. The molecule has 4 heteroatoms. The maximum Gasteiger partial charge on any atom is 0.245 e. The molecule has 2 fully saturated rings. The summed E-state index contributed by atoms with van der Waals surface area (Å²) in [4.78, 5) is 25.4. The van der Waals surface area contributed by atoms with Crippen LogP contribution in [0.25, 0.3) is 0 Å². The Labute approximate surface area is 96.4 Å². The molecule has 0 bridgehead atoms. The molecule has 0 aromatic rings. The fourth-order valence-corrected chi connectivity index (χ4v) is 2.78. The first-order chi connectivity index (χ1) is 7.58. The topological polar surface area (TPSA) is 49.4 Å². The van der Waals surface area contributed by atoms with Crippen LogP contribution in [0.2, 0.25) is 0 Å². The van der Waals surface area contributed by atoms with Crippen LogP contribution in [0.1, 0.15) is 39.5 Å². The number of amides is 2. The summed E-state index contributed by atoms with van der Waals surface area (Å²) >= 11 is 0. The van der Waals surface area contributed by atoms with E-state index in [0.29, 0.717) is 24.9 Å². The van der Waals surface area contributed by atoms with Gasteiger partial charge in [-0.1, -0.05) is 6.92 Å². The van der Waals surface area contributed by atoms with Crippen LogP contribution in [0.15, 0.2) is 0 Å². The average molecular weight is 224 g/mol. The molecule has 2 rings (SSSR count). The van der Waals surface area contributed by atoms with Crippen molar-refractivity contribution in [1.82, 2.24) is 10.2 Å². The fourth-order valence-electron chi connectivity index (χ4n) is 2.78. The smallest absolute Gasteiger partial charge is 0.245 e. The lowest BCUT2D eigenvalue weighted by atomic mass is 10.1. The Morgan fingerprint density at radius 2 is 2.00 bits per heavy atom. The van der Waals surface area contributed by atoms with Crippen LogP contribution < -0.4 is 5.32 Å². The highest BCUT2D eigenvalue weighted by Crippen LogP contribution is 2.29. The van der Waals surface area contributed by atoms with Gasteiger partial charge in [0, 0.05) is 19.0 Å². The van der Waals surface area contributed by atoms with Crippen molar-refractivity contribution in [2.45, 2.75) is 51.6 Å². The zero-order valence-electron chi connectivity index (χ0n) is 10.0. The van der Waals surface area contributed by atoms with Crippen molar-refractivity contribution in [2.75, 3.05) is 6.54 Å². The minimum Gasteiger partial charge on any atom is -0.345 e. The van der Waals surface area contributed by atoms with Crippen LogP contribution in [0.3, 0.4) is 0 Å². The second kappa shape index (κ2) is 4.44. The van der Waals surface area contributed by atoms with E-state index in [4.69, 9.17) is 0 Å². The second-order valence-corrected chi connectivity index (χ2v) is 5.14. The number of nitrogens with zero attached hydrogens (tertiary/aromatic N) is 1. The van der Waals surface area contributed by atoms with Crippen molar-refractivity contribution in [3.8, 4) is 0 Å². The van der Waals surface area contributed by atoms with Gasteiger partial charge >= 0.3 is 0 Å². The van der Waals surface area contributed by atoms with Crippen LogP contribution >= 0.6 is 0 Å². The van der Waals surface area contributed by atoms with Gasteiger partial charge in [0.2, 0.25) is 11.8 Å². The Kier molecular flexibility index (Phi) is 3.17. The molecule has 1 aliphatic heterocycles. The van der Waals surface area contributed by atoms with E-state index in [0.717, 1.165) is 12.8 Å². The zero-order chi connectivity index (χ0) is 11.7. The number of hydrogen-bond donors (Lipinski definition) is 1. The number of rotatable bonds is 1. The molecule has 1 aliphatic carbocycles. The van der Waals surface area contributed by atoms with E-state index in [1.165, 1.54) is 6.42 Å². The summed E-state index contributed by atoms with van der Waals surface area (Å²) in [7, 11) is 0. The van der Waals surface area contributed by atoms with Crippen molar-refractivity contribution in [2.24, 2.45) is 5.92 Å². The molecule has 1 saturated carbocycles. The van der Waals surface area contributed by atoms with Gasteiger partial charge in [0.15, 0.2) is 0 Å². The molecular weight excluding hydrogens is 204 g/mol. The van der Waals surface area contributed by atoms with Crippen LogP contribution in [0.4, 0.5) is 0 Å². The number of nitrogens with one attached hydrogen (secondary N) is 1. The van der Waals surface area contributed by atoms with Gasteiger partial charge in [0.25, 0.3) is 0 Å². The van der Waals surface area contributed by atoms with Gasteiger partial charge in [-0.25, -0.2) is 0 Å². The van der Waals surface area contributed by atoms with Crippen molar-refractivity contribution in [3.05, 3.63) is 0 Å². The van der Waals surface area contributed by atoms with Gasteiger partial charge in [-0.3, -0.25) is 9.59 Å². The zero-order valence-corrected chi connectivity index (χ0v) is 10.0. The third-order valence-corrected chi connectivity index (χ3v) is 3.72. The molecule has 1 heterocycles. The minimum absolute atomic E-state index is 0.00519. The highest BCUT2D eigenvalue weighted by Gasteiger charge is 2.34. The van der Waals surface area contributed by atoms with Crippen LogP contribution in [-0.4, -0.2) is 35.3 Å². The molecule has 0 spiro atoms. The first kappa shape index (κ1) is 11.4. The van der Waals surface area contributed by atoms with E-state index < -0.39 is 0 Å². The second-order valence-electron chi connectivity index (χ2n) is 5.14. The average Bonchev–Trinajstić information content (AvgIpc) is 2.59. The molecule has 3 atom stereocenters. The van der Waals surface area contributed by atoms with Crippen molar-refractivity contribution in [1.29, 1.82) is 0 Å². The summed E-state index contributed by atoms with van der Waals surface area (Å²) in [5.41, 5.74) is 0. The van der Waals surface area contributed by atoms with E-state index in [2.05, 4.69) is 12.2 Å². The molecule has 3 unspecified atom stereocenters. The molecule has 1 N–H and O–H groups in total. The van der Waals surface area contributed by atoms with Gasteiger partial charge < -0.3 is 10.2 Å². The summed E-state index contributed by atoms with van der Waals surface area (Å²) in [6.07, 6.45) is 3.83. The predicted molar refractivity (Wildman–Crippen MR) is 60.7 cm³/mol.